The highest BCUT2D eigenvalue weighted by Crippen LogP contribution is 2.33. The Bertz CT molecular complexity index is 239. The second-order valence-corrected chi connectivity index (χ2v) is 2.22. The molecule has 0 fully saturated rings. The van der Waals surface area contributed by atoms with E-state index in [2.05, 4.69) is 15.0 Å². The average Bonchev–Trinajstić information content (AvgIpc) is 2.23. The van der Waals surface area contributed by atoms with Crippen LogP contribution in [0.15, 0.2) is 15.0 Å². The van der Waals surface area contributed by atoms with Crippen LogP contribution in [0, 0.1) is 5.92 Å². The first-order chi connectivity index (χ1) is 3.93. The van der Waals surface area contributed by atoms with Crippen LogP contribution in [0.1, 0.15) is 6.42 Å². The molecule has 0 aromatic rings. The van der Waals surface area contributed by atoms with E-state index in [1.165, 1.54) is 0 Å². The third kappa shape index (κ3) is 0.152. The normalized spacial score (nSPS) is 36.0. The lowest BCUT2D eigenvalue weighted by atomic mass is 10.0. The van der Waals surface area contributed by atoms with E-state index in [9.17, 15) is 0 Å². The highest BCUT2D eigenvalue weighted by Gasteiger charge is 2.42. The number of nitrogens with zero attached hydrogens (tertiary/aromatic N) is 3. The summed E-state index contributed by atoms with van der Waals surface area (Å²) in [7, 11) is 0. The van der Waals surface area contributed by atoms with Crippen molar-refractivity contribution in [3.05, 3.63) is 0 Å². The molecule has 8 heavy (non-hydrogen) atoms. The summed E-state index contributed by atoms with van der Waals surface area (Å²) in [6.45, 7) is 0. The van der Waals surface area contributed by atoms with Crippen LogP contribution in [-0.4, -0.2) is 17.5 Å². The van der Waals surface area contributed by atoms with Crippen LogP contribution in [0.3, 0.4) is 0 Å². The fourth-order valence-corrected chi connectivity index (χ4v) is 1.27. The van der Waals surface area contributed by atoms with Crippen molar-refractivity contribution in [2.45, 2.75) is 6.42 Å². The van der Waals surface area contributed by atoms with Gasteiger partial charge in [-0.3, -0.25) is 0 Å². The van der Waals surface area contributed by atoms with Crippen LogP contribution < -0.4 is 0 Å². The number of hydrogen-bond acceptors (Lipinski definition) is 3. The maximum Gasteiger partial charge on any atom is 0.143 e. The predicted molar refractivity (Wildman–Crippen MR) is 30.4 cm³/mol. The number of rotatable bonds is 0. The quantitative estimate of drug-likeness (QED) is 0.423. The zero-order valence-electron chi connectivity index (χ0n) is 4.13. The Balaban J connectivity index is 2.50. The molecule has 0 aromatic heterocycles. The molecule has 0 aromatic carbocycles. The molecule has 0 spiro atoms. The van der Waals surface area contributed by atoms with Crippen LogP contribution in [0.4, 0.5) is 0 Å². The largest absolute Gasteiger partial charge is 0.217 e. The van der Waals surface area contributed by atoms with E-state index in [-0.39, 0.29) is 0 Å². The van der Waals surface area contributed by atoms with Gasteiger partial charge in [0.15, 0.2) is 0 Å². The molecule has 3 aliphatic rings. The van der Waals surface area contributed by atoms with E-state index in [0.717, 1.165) is 23.9 Å². The van der Waals surface area contributed by atoms with Gasteiger partial charge in [0.25, 0.3) is 0 Å². The SMILES string of the molecule is C1C2=NC3=NC(=N2)C13. The van der Waals surface area contributed by atoms with Gasteiger partial charge in [-0.1, -0.05) is 0 Å². The van der Waals surface area contributed by atoms with Crippen molar-refractivity contribution >= 4 is 17.5 Å². The summed E-state index contributed by atoms with van der Waals surface area (Å²) in [5, 5.41) is 0. The molecule has 3 nitrogen and oxygen atoms in total. The van der Waals surface area contributed by atoms with Gasteiger partial charge < -0.3 is 0 Å². The Kier molecular flexibility index (Phi) is 0.261. The number of amidine groups is 3. The first-order valence-electron chi connectivity index (χ1n) is 2.68. The van der Waals surface area contributed by atoms with E-state index >= 15 is 0 Å². The molecule has 0 N–H and O–H groups in total. The average molecular weight is 105 g/mol. The first kappa shape index (κ1) is 3.12. The minimum atomic E-state index is 0.532. The number of fused-ring (bicyclic) bond motifs is 1. The molecule has 0 amide bonds. The summed E-state index contributed by atoms with van der Waals surface area (Å²) < 4.78 is 0. The van der Waals surface area contributed by atoms with E-state index in [0.29, 0.717) is 5.92 Å². The van der Waals surface area contributed by atoms with Crippen molar-refractivity contribution < 1.29 is 0 Å². The lowest BCUT2D eigenvalue weighted by Gasteiger charge is -2.15. The fraction of sp³-hybridized carbons (Fsp3) is 0.400. The first-order valence-corrected chi connectivity index (χ1v) is 2.68. The van der Waals surface area contributed by atoms with Crippen LogP contribution in [-0.2, 0) is 0 Å². The molecule has 3 rings (SSSR count). The highest BCUT2D eigenvalue weighted by atomic mass is 15.2. The predicted octanol–water partition coefficient (Wildman–Crippen LogP) is 0.229. The fourth-order valence-electron chi connectivity index (χ4n) is 1.27. The van der Waals surface area contributed by atoms with Crippen LogP contribution in [0.2, 0.25) is 0 Å². The molecule has 3 aliphatic heterocycles. The molecular weight excluding hydrogens is 102 g/mol. The molecule has 0 saturated carbocycles. The Hall–Kier alpha value is -0.990. The molecule has 0 radical (unpaired) electrons. The summed E-state index contributed by atoms with van der Waals surface area (Å²) >= 11 is 0. The summed E-state index contributed by atoms with van der Waals surface area (Å²) in [6.07, 6.45) is 1.04. The Labute approximate surface area is 45.9 Å². The zero-order valence-corrected chi connectivity index (χ0v) is 4.13. The molecule has 1 unspecified atom stereocenters. The molecule has 0 aliphatic carbocycles. The molecule has 1 atom stereocenters. The van der Waals surface area contributed by atoms with Gasteiger partial charge in [0.2, 0.25) is 0 Å². The summed E-state index contributed by atoms with van der Waals surface area (Å²) in [5.41, 5.74) is 0. The van der Waals surface area contributed by atoms with Crippen molar-refractivity contribution in [1.82, 2.24) is 0 Å². The standard InChI is InChI=1S/C5H3N3/c1-2-4-6-3(1)7-5(2)8-4/h2H,1H2. The van der Waals surface area contributed by atoms with Gasteiger partial charge >= 0.3 is 0 Å². The Morgan fingerprint density at radius 2 is 2.00 bits per heavy atom. The van der Waals surface area contributed by atoms with Gasteiger partial charge in [0.05, 0.1) is 5.92 Å². The third-order valence-corrected chi connectivity index (χ3v) is 1.73. The molecule has 0 saturated heterocycles. The van der Waals surface area contributed by atoms with Crippen molar-refractivity contribution in [2.75, 3.05) is 0 Å². The van der Waals surface area contributed by atoms with Crippen molar-refractivity contribution in [3.8, 4) is 0 Å². The number of hydrogen-bond donors (Lipinski definition) is 0. The smallest absolute Gasteiger partial charge is 0.143 e. The monoisotopic (exact) mass is 105 g/mol. The van der Waals surface area contributed by atoms with E-state index in [1.807, 2.05) is 0 Å². The van der Waals surface area contributed by atoms with E-state index in [4.69, 9.17) is 0 Å². The lowest BCUT2D eigenvalue weighted by Crippen LogP contribution is -2.27. The molecular formula is C5H3N3. The summed E-state index contributed by atoms with van der Waals surface area (Å²) in [5.74, 6) is 3.56. The third-order valence-electron chi connectivity index (χ3n) is 1.73. The topological polar surface area (TPSA) is 37.1 Å². The van der Waals surface area contributed by atoms with E-state index < -0.39 is 0 Å². The van der Waals surface area contributed by atoms with Crippen molar-refractivity contribution in [3.63, 3.8) is 0 Å². The van der Waals surface area contributed by atoms with Gasteiger partial charge in [-0.05, 0) is 0 Å². The Morgan fingerprint density at radius 1 is 1.12 bits per heavy atom. The Morgan fingerprint density at radius 3 is 2.25 bits per heavy atom. The van der Waals surface area contributed by atoms with Crippen LogP contribution >= 0.6 is 0 Å². The molecule has 38 valence electrons. The van der Waals surface area contributed by atoms with Gasteiger partial charge in [0.1, 0.15) is 17.5 Å². The minimum absolute atomic E-state index is 0.532. The molecule has 3 heteroatoms. The summed E-state index contributed by atoms with van der Waals surface area (Å²) in [4.78, 5) is 12.2. The van der Waals surface area contributed by atoms with Crippen LogP contribution in [0.25, 0.3) is 0 Å². The minimum Gasteiger partial charge on any atom is -0.217 e. The molecule has 2 bridgehead atoms. The van der Waals surface area contributed by atoms with E-state index in [1.54, 1.807) is 0 Å². The van der Waals surface area contributed by atoms with Gasteiger partial charge in [-0.25, -0.2) is 15.0 Å². The van der Waals surface area contributed by atoms with Crippen LogP contribution in [0.5, 0.6) is 0 Å². The highest BCUT2D eigenvalue weighted by molar-refractivity contribution is 6.33. The van der Waals surface area contributed by atoms with Gasteiger partial charge in [0, 0.05) is 6.42 Å². The van der Waals surface area contributed by atoms with Crippen molar-refractivity contribution in [2.24, 2.45) is 20.9 Å². The van der Waals surface area contributed by atoms with Crippen molar-refractivity contribution in [1.29, 1.82) is 0 Å². The van der Waals surface area contributed by atoms with Gasteiger partial charge in [-0.2, -0.15) is 0 Å². The van der Waals surface area contributed by atoms with Gasteiger partial charge in [-0.15, -0.1) is 0 Å². The maximum absolute atomic E-state index is 4.10. The number of aliphatic imine (C=N–C) groups is 3. The lowest BCUT2D eigenvalue weighted by molar-refractivity contribution is 0.964. The maximum atomic E-state index is 4.10. The second-order valence-electron chi connectivity index (χ2n) is 2.22. The molecule has 3 heterocycles. The second kappa shape index (κ2) is 0.670. The zero-order chi connectivity index (χ0) is 5.14. The summed E-state index contributed by atoms with van der Waals surface area (Å²) in [6, 6.07) is 0.